The molecule has 0 heterocycles. The van der Waals surface area contributed by atoms with Crippen LogP contribution >= 0.6 is 0 Å². The zero-order chi connectivity index (χ0) is 14.1. The van der Waals surface area contributed by atoms with Crippen molar-refractivity contribution >= 4 is 5.96 Å². The van der Waals surface area contributed by atoms with Gasteiger partial charge in [0, 0.05) is 19.6 Å². The fourth-order valence-electron chi connectivity index (χ4n) is 1.80. The van der Waals surface area contributed by atoms with Crippen molar-refractivity contribution in [2.75, 3.05) is 13.6 Å². The van der Waals surface area contributed by atoms with Crippen LogP contribution < -0.4 is 10.6 Å². The third kappa shape index (κ3) is 5.77. The van der Waals surface area contributed by atoms with Gasteiger partial charge in [-0.2, -0.15) is 0 Å². The minimum absolute atomic E-state index is 0.454. The molecule has 3 heteroatoms. The lowest BCUT2D eigenvalue weighted by atomic mass is 10.1. The maximum atomic E-state index is 4.23. The number of benzene rings is 1. The van der Waals surface area contributed by atoms with Crippen LogP contribution in [0.2, 0.25) is 0 Å². The molecule has 0 aromatic heterocycles. The quantitative estimate of drug-likeness (QED) is 0.610. The monoisotopic (exact) mass is 261 g/mol. The maximum Gasteiger partial charge on any atom is 0.191 e. The van der Waals surface area contributed by atoms with Crippen molar-refractivity contribution in [2.45, 2.75) is 46.1 Å². The van der Waals surface area contributed by atoms with Gasteiger partial charge < -0.3 is 10.6 Å². The van der Waals surface area contributed by atoms with Crippen LogP contribution in [0.3, 0.4) is 0 Å². The molecular weight excluding hydrogens is 234 g/mol. The van der Waals surface area contributed by atoms with Gasteiger partial charge in [-0.1, -0.05) is 38.1 Å². The summed E-state index contributed by atoms with van der Waals surface area (Å²) in [4.78, 5) is 4.23. The molecule has 0 amide bonds. The van der Waals surface area contributed by atoms with Gasteiger partial charge in [-0.05, 0) is 37.3 Å². The molecule has 0 bridgehead atoms. The van der Waals surface area contributed by atoms with Crippen LogP contribution in [0.15, 0.2) is 29.3 Å². The highest BCUT2D eigenvalue weighted by Crippen LogP contribution is 2.05. The number of hydrogen-bond donors (Lipinski definition) is 2. The van der Waals surface area contributed by atoms with Crippen LogP contribution in [-0.2, 0) is 12.8 Å². The van der Waals surface area contributed by atoms with E-state index in [1.54, 1.807) is 0 Å². The van der Waals surface area contributed by atoms with E-state index in [-0.39, 0.29) is 0 Å². The van der Waals surface area contributed by atoms with Gasteiger partial charge in [-0.25, -0.2) is 0 Å². The summed E-state index contributed by atoms with van der Waals surface area (Å²) in [5.74, 6) is 0.888. The summed E-state index contributed by atoms with van der Waals surface area (Å²) >= 11 is 0. The van der Waals surface area contributed by atoms with Crippen LogP contribution in [0.4, 0.5) is 0 Å². The molecule has 3 nitrogen and oxygen atoms in total. The molecule has 0 radical (unpaired) electrons. The number of aryl methyl sites for hydroxylation is 1. The summed E-state index contributed by atoms with van der Waals surface area (Å²) in [5, 5.41) is 6.71. The van der Waals surface area contributed by atoms with E-state index in [1.807, 2.05) is 7.05 Å². The molecule has 1 aromatic rings. The molecule has 1 unspecified atom stereocenters. The average Bonchev–Trinajstić information content (AvgIpc) is 2.46. The lowest BCUT2D eigenvalue weighted by Crippen LogP contribution is -2.42. The van der Waals surface area contributed by atoms with Crippen molar-refractivity contribution in [1.82, 2.24) is 10.6 Å². The molecule has 0 aliphatic rings. The summed E-state index contributed by atoms with van der Waals surface area (Å²) in [6.07, 6.45) is 3.22. The minimum Gasteiger partial charge on any atom is -0.356 e. The Morgan fingerprint density at radius 2 is 1.79 bits per heavy atom. The van der Waals surface area contributed by atoms with E-state index in [4.69, 9.17) is 0 Å². The van der Waals surface area contributed by atoms with Crippen molar-refractivity contribution in [1.29, 1.82) is 0 Å². The zero-order valence-corrected chi connectivity index (χ0v) is 12.7. The first-order valence-electron chi connectivity index (χ1n) is 7.24. The summed E-state index contributed by atoms with van der Waals surface area (Å²) in [5.41, 5.74) is 2.76. The molecule has 0 saturated heterocycles. The first-order chi connectivity index (χ1) is 9.19. The van der Waals surface area contributed by atoms with Crippen LogP contribution in [-0.4, -0.2) is 25.6 Å². The Balaban J connectivity index is 2.35. The van der Waals surface area contributed by atoms with Crippen LogP contribution in [0.1, 0.15) is 38.3 Å². The smallest absolute Gasteiger partial charge is 0.191 e. The first-order valence-corrected chi connectivity index (χ1v) is 7.24. The number of aliphatic imine (C=N–C) groups is 1. The van der Waals surface area contributed by atoms with E-state index in [2.05, 4.69) is 60.7 Å². The van der Waals surface area contributed by atoms with E-state index in [0.717, 1.165) is 31.8 Å². The lowest BCUT2D eigenvalue weighted by Gasteiger charge is -2.16. The molecular formula is C16H27N3. The van der Waals surface area contributed by atoms with Crippen molar-refractivity contribution in [3.05, 3.63) is 35.4 Å². The van der Waals surface area contributed by atoms with Gasteiger partial charge >= 0.3 is 0 Å². The molecule has 0 aliphatic carbocycles. The Morgan fingerprint density at radius 3 is 2.32 bits per heavy atom. The molecule has 0 aliphatic heterocycles. The van der Waals surface area contributed by atoms with Crippen LogP contribution in [0.25, 0.3) is 0 Å². The largest absolute Gasteiger partial charge is 0.356 e. The molecule has 106 valence electrons. The Bertz CT molecular complexity index is 381. The van der Waals surface area contributed by atoms with Gasteiger partial charge in [0.1, 0.15) is 0 Å². The molecule has 1 rings (SSSR count). The fraction of sp³-hybridized carbons (Fsp3) is 0.562. The van der Waals surface area contributed by atoms with Gasteiger partial charge in [0.15, 0.2) is 5.96 Å². The predicted molar refractivity (Wildman–Crippen MR) is 83.8 cm³/mol. The number of rotatable bonds is 6. The van der Waals surface area contributed by atoms with E-state index in [9.17, 15) is 0 Å². The summed E-state index contributed by atoms with van der Waals surface area (Å²) in [6.45, 7) is 7.42. The number of nitrogens with one attached hydrogen (secondary N) is 2. The highest BCUT2D eigenvalue weighted by atomic mass is 15.2. The van der Waals surface area contributed by atoms with Crippen molar-refractivity contribution in [3.8, 4) is 0 Å². The predicted octanol–water partition coefficient (Wildman–Crippen LogP) is 2.76. The van der Waals surface area contributed by atoms with E-state index < -0.39 is 0 Å². The second-order valence-corrected chi connectivity index (χ2v) is 4.87. The van der Waals surface area contributed by atoms with Crippen molar-refractivity contribution < 1.29 is 0 Å². The van der Waals surface area contributed by atoms with Crippen molar-refractivity contribution in [2.24, 2.45) is 4.99 Å². The standard InChI is InChI=1S/C16H27N3/c1-5-13(3)19-16(17-4)18-12-11-15-9-7-14(6-2)8-10-15/h7-10,13H,5-6,11-12H2,1-4H3,(H2,17,18,19). The van der Waals surface area contributed by atoms with E-state index in [1.165, 1.54) is 11.1 Å². The van der Waals surface area contributed by atoms with Gasteiger partial charge in [0.05, 0.1) is 0 Å². The van der Waals surface area contributed by atoms with Gasteiger partial charge in [-0.3, -0.25) is 4.99 Å². The molecule has 1 aromatic carbocycles. The number of guanidine groups is 1. The SMILES string of the molecule is CCc1ccc(CCNC(=NC)NC(C)CC)cc1. The fourth-order valence-corrected chi connectivity index (χ4v) is 1.80. The lowest BCUT2D eigenvalue weighted by molar-refractivity contribution is 0.624. The molecule has 19 heavy (non-hydrogen) atoms. The highest BCUT2D eigenvalue weighted by molar-refractivity contribution is 5.79. The van der Waals surface area contributed by atoms with E-state index in [0.29, 0.717) is 6.04 Å². The van der Waals surface area contributed by atoms with Crippen molar-refractivity contribution in [3.63, 3.8) is 0 Å². The average molecular weight is 261 g/mol. The van der Waals surface area contributed by atoms with Gasteiger partial charge in [0.25, 0.3) is 0 Å². The second kappa shape index (κ2) is 8.57. The Kier molecular flexibility index (Phi) is 7.01. The molecule has 1 atom stereocenters. The Labute approximate surface area is 117 Å². The second-order valence-electron chi connectivity index (χ2n) is 4.87. The first kappa shape index (κ1) is 15.5. The number of hydrogen-bond acceptors (Lipinski definition) is 1. The Hall–Kier alpha value is -1.51. The molecule has 0 spiro atoms. The van der Waals surface area contributed by atoms with E-state index >= 15 is 0 Å². The van der Waals surface area contributed by atoms with Crippen LogP contribution in [0.5, 0.6) is 0 Å². The topological polar surface area (TPSA) is 36.4 Å². The normalized spacial score (nSPS) is 13.2. The van der Waals surface area contributed by atoms with Gasteiger partial charge in [0.2, 0.25) is 0 Å². The summed E-state index contributed by atoms with van der Waals surface area (Å²) in [6, 6.07) is 9.30. The summed E-state index contributed by atoms with van der Waals surface area (Å²) < 4.78 is 0. The highest BCUT2D eigenvalue weighted by Gasteiger charge is 2.02. The molecule has 2 N–H and O–H groups in total. The third-order valence-electron chi connectivity index (χ3n) is 3.36. The van der Waals surface area contributed by atoms with Crippen LogP contribution in [0, 0.1) is 0 Å². The maximum absolute atomic E-state index is 4.23. The number of nitrogens with zero attached hydrogens (tertiary/aromatic N) is 1. The third-order valence-corrected chi connectivity index (χ3v) is 3.36. The molecule has 0 saturated carbocycles. The zero-order valence-electron chi connectivity index (χ0n) is 12.7. The van der Waals surface area contributed by atoms with Gasteiger partial charge in [-0.15, -0.1) is 0 Å². The summed E-state index contributed by atoms with van der Waals surface area (Å²) in [7, 11) is 1.81. The minimum atomic E-state index is 0.454. The Morgan fingerprint density at radius 1 is 1.16 bits per heavy atom. The molecule has 0 fully saturated rings.